The normalized spacial score (nSPS) is 11.4. The smallest absolute Gasteiger partial charge is 0.242 e. The first-order valence-corrected chi connectivity index (χ1v) is 7.39. The number of pyridine rings is 1. The average Bonchev–Trinajstić information content (AvgIpc) is 2.29. The topological polar surface area (TPSA) is 97.1 Å². The third-order valence-corrected chi connectivity index (χ3v) is 3.85. The van der Waals surface area contributed by atoms with E-state index >= 15 is 0 Å². The zero-order valence-electron chi connectivity index (χ0n) is 8.80. The van der Waals surface area contributed by atoms with E-state index in [1.165, 1.54) is 18.3 Å². The molecule has 0 unspecified atom stereocenters. The highest BCUT2D eigenvalue weighted by molar-refractivity contribution is 7.98. The summed E-state index contributed by atoms with van der Waals surface area (Å²) in [6, 6.07) is 2.95. The van der Waals surface area contributed by atoms with Crippen molar-refractivity contribution in [3.63, 3.8) is 0 Å². The molecule has 0 aliphatic heterocycles. The van der Waals surface area contributed by atoms with Gasteiger partial charge in [-0.1, -0.05) is 0 Å². The molecule has 1 aromatic rings. The van der Waals surface area contributed by atoms with Gasteiger partial charge in [0.1, 0.15) is 10.7 Å². The molecule has 0 spiro atoms. The van der Waals surface area contributed by atoms with Crippen LogP contribution in [-0.4, -0.2) is 32.0 Å². The third kappa shape index (κ3) is 3.63. The molecule has 0 aliphatic carbocycles. The van der Waals surface area contributed by atoms with Crippen LogP contribution in [0.1, 0.15) is 0 Å². The summed E-state index contributed by atoms with van der Waals surface area (Å²) in [5, 5.41) is 0. The maximum absolute atomic E-state index is 11.7. The number of nitrogens with one attached hydrogen (secondary N) is 2. The molecule has 0 aliphatic rings. The van der Waals surface area contributed by atoms with E-state index in [1.54, 1.807) is 11.8 Å². The number of sulfonamides is 1. The summed E-state index contributed by atoms with van der Waals surface area (Å²) in [7, 11) is -3.45. The minimum absolute atomic E-state index is 0.132. The number of nitrogens with zero attached hydrogens (tertiary/aromatic N) is 1. The van der Waals surface area contributed by atoms with Crippen molar-refractivity contribution < 1.29 is 8.42 Å². The Bertz CT molecular complexity index is 418. The molecule has 1 heterocycles. The lowest BCUT2D eigenvalue weighted by Crippen LogP contribution is -2.26. The summed E-state index contributed by atoms with van der Waals surface area (Å²) in [5.41, 5.74) is 2.33. The van der Waals surface area contributed by atoms with Gasteiger partial charge in [-0.25, -0.2) is 24.0 Å². The van der Waals surface area contributed by atoms with E-state index in [2.05, 4.69) is 15.1 Å². The predicted octanol–water partition coefficient (Wildman–Crippen LogP) is 0.00850. The Balaban J connectivity index is 2.74. The summed E-state index contributed by atoms with van der Waals surface area (Å²) in [4.78, 5) is 3.96. The zero-order valence-corrected chi connectivity index (χ0v) is 10.4. The Labute approximate surface area is 99.0 Å². The number of thioether (sulfide) groups is 1. The van der Waals surface area contributed by atoms with Gasteiger partial charge < -0.3 is 5.43 Å². The van der Waals surface area contributed by atoms with Crippen molar-refractivity contribution >= 4 is 27.6 Å². The van der Waals surface area contributed by atoms with E-state index in [0.29, 0.717) is 12.4 Å². The SMILES string of the molecule is CSCCNS(=O)(=O)c1ccc(NN)nc1. The highest BCUT2D eigenvalue weighted by Crippen LogP contribution is 2.09. The van der Waals surface area contributed by atoms with Gasteiger partial charge in [0.05, 0.1) is 0 Å². The van der Waals surface area contributed by atoms with Gasteiger partial charge in [-0.2, -0.15) is 11.8 Å². The van der Waals surface area contributed by atoms with Crippen molar-refractivity contribution in [1.29, 1.82) is 0 Å². The minimum Gasteiger partial charge on any atom is -0.308 e. The van der Waals surface area contributed by atoms with Crippen molar-refractivity contribution in [2.75, 3.05) is 24.0 Å². The molecule has 6 nitrogen and oxygen atoms in total. The fourth-order valence-electron chi connectivity index (χ4n) is 0.986. The average molecular weight is 262 g/mol. The number of rotatable bonds is 6. The van der Waals surface area contributed by atoms with Crippen molar-refractivity contribution in [1.82, 2.24) is 9.71 Å². The Kier molecular flexibility index (Phi) is 5.00. The van der Waals surface area contributed by atoms with Gasteiger partial charge in [0.2, 0.25) is 10.0 Å². The van der Waals surface area contributed by atoms with E-state index in [9.17, 15) is 8.42 Å². The van der Waals surface area contributed by atoms with Gasteiger partial charge >= 0.3 is 0 Å². The minimum atomic E-state index is -3.45. The first kappa shape index (κ1) is 13.2. The van der Waals surface area contributed by atoms with E-state index in [-0.39, 0.29) is 4.90 Å². The molecule has 1 aromatic heterocycles. The molecule has 0 atom stereocenters. The van der Waals surface area contributed by atoms with Crippen LogP contribution in [-0.2, 0) is 10.0 Å². The molecule has 0 bridgehead atoms. The van der Waals surface area contributed by atoms with Crippen molar-refractivity contribution in [3.05, 3.63) is 18.3 Å². The molecule has 0 aromatic carbocycles. The molecular weight excluding hydrogens is 248 g/mol. The molecule has 0 radical (unpaired) electrons. The zero-order chi connectivity index (χ0) is 12.0. The fraction of sp³-hybridized carbons (Fsp3) is 0.375. The number of hydrogen-bond acceptors (Lipinski definition) is 6. The standard InChI is InChI=1S/C8H14N4O2S2/c1-15-5-4-11-16(13,14)7-2-3-8(12-9)10-6-7/h2-3,6,11H,4-5,9H2,1H3,(H,10,12). The molecule has 8 heteroatoms. The van der Waals surface area contributed by atoms with Crippen LogP contribution in [0.3, 0.4) is 0 Å². The molecule has 0 amide bonds. The van der Waals surface area contributed by atoms with Crippen LogP contribution in [0.4, 0.5) is 5.82 Å². The van der Waals surface area contributed by atoms with Gasteiger partial charge in [0.15, 0.2) is 0 Å². The first-order chi connectivity index (χ1) is 7.60. The van der Waals surface area contributed by atoms with E-state index in [4.69, 9.17) is 5.84 Å². The van der Waals surface area contributed by atoms with Crippen LogP contribution < -0.4 is 16.0 Å². The quantitative estimate of drug-likeness (QED) is 0.379. The van der Waals surface area contributed by atoms with Crippen LogP contribution >= 0.6 is 11.8 Å². The lowest BCUT2D eigenvalue weighted by atomic mass is 10.5. The second-order valence-corrected chi connectivity index (χ2v) is 5.67. The highest BCUT2D eigenvalue weighted by atomic mass is 32.2. The molecule has 1 rings (SSSR count). The lowest BCUT2D eigenvalue weighted by molar-refractivity contribution is 0.584. The summed E-state index contributed by atoms with van der Waals surface area (Å²) in [6.45, 7) is 0.403. The van der Waals surface area contributed by atoms with Crippen molar-refractivity contribution in [2.24, 2.45) is 5.84 Å². The Morgan fingerprint density at radius 3 is 2.75 bits per heavy atom. The third-order valence-electron chi connectivity index (χ3n) is 1.79. The van der Waals surface area contributed by atoms with Crippen LogP contribution in [0, 0.1) is 0 Å². The molecule has 16 heavy (non-hydrogen) atoms. The maximum Gasteiger partial charge on any atom is 0.242 e. The summed E-state index contributed by atoms with van der Waals surface area (Å²) in [5.74, 6) is 6.28. The summed E-state index contributed by atoms with van der Waals surface area (Å²) >= 11 is 1.57. The monoisotopic (exact) mass is 262 g/mol. The number of nitrogens with two attached hydrogens (primary N) is 1. The van der Waals surface area contributed by atoms with Crippen molar-refractivity contribution in [3.8, 4) is 0 Å². The van der Waals surface area contributed by atoms with Crippen LogP contribution in [0.2, 0.25) is 0 Å². The summed E-state index contributed by atoms with van der Waals surface area (Å²) < 4.78 is 25.9. The lowest BCUT2D eigenvalue weighted by Gasteiger charge is -2.06. The summed E-state index contributed by atoms with van der Waals surface area (Å²) in [6.07, 6.45) is 3.17. The largest absolute Gasteiger partial charge is 0.308 e. The van der Waals surface area contributed by atoms with Crippen LogP contribution in [0.25, 0.3) is 0 Å². The molecule has 0 saturated carbocycles. The predicted molar refractivity (Wildman–Crippen MR) is 65.6 cm³/mol. The van der Waals surface area contributed by atoms with Crippen molar-refractivity contribution in [2.45, 2.75) is 4.90 Å². The Morgan fingerprint density at radius 2 is 2.25 bits per heavy atom. The van der Waals surface area contributed by atoms with Gasteiger partial charge in [-0.3, -0.25) is 0 Å². The molecule has 90 valence electrons. The second kappa shape index (κ2) is 6.04. The molecule has 0 saturated heterocycles. The number of nitrogen functional groups attached to an aromatic ring is 1. The fourth-order valence-corrected chi connectivity index (χ4v) is 2.40. The van der Waals surface area contributed by atoms with Gasteiger partial charge in [0, 0.05) is 18.5 Å². The van der Waals surface area contributed by atoms with E-state index < -0.39 is 10.0 Å². The molecular formula is C8H14N4O2S2. The number of hydrogen-bond donors (Lipinski definition) is 3. The molecule has 4 N–H and O–H groups in total. The van der Waals surface area contributed by atoms with Crippen LogP contribution in [0.15, 0.2) is 23.2 Å². The second-order valence-electron chi connectivity index (χ2n) is 2.91. The van der Waals surface area contributed by atoms with E-state index in [0.717, 1.165) is 5.75 Å². The first-order valence-electron chi connectivity index (χ1n) is 4.51. The number of hydrazine groups is 1. The van der Waals surface area contributed by atoms with Gasteiger partial charge in [0.25, 0.3) is 0 Å². The Morgan fingerprint density at radius 1 is 1.50 bits per heavy atom. The Hall–Kier alpha value is -0.830. The van der Waals surface area contributed by atoms with E-state index in [1.807, 2.05) is 6.26 Å². The maximum atomic E-state index is 11.7. The highest BCUT2D eigenvalue weighted by Gasteiger charge is 2.13. The van der Waals surface area contributed by atoms with Gasteiger partial charge in [-0.05, 0) is 18.4 Å². The van der Waals surface area contributed by atoms with Gasteiger partial charge in [-0.15, -0.1) is 0 Å². The van der Waals surface area contributed by atoms with Crippen LogP contribution in [0.5, 0.6) is 0 Å². The number of aromatic nitrogens is 1. The number of anilines is 1. The molecule has 0 fully saturated rings.